The molecule has 2 rings (SSSR count). The number of carbonyl (C=O) groups is 1. The minimum atomic E-state index is -0.233. The van der Waals surface area contributed by atoms with Gasteiger partial charge in [0.25, 0.3) is 0 Å². The summed E-state index contributed by atoms with van der Waals surface area (Å²) in [4.78, 5) is 11.7. The lowest BCUT2D eigenvalue weighted by Crippen LogP contribution is -2.36. The van der Waals surface area contributed by atoms with Crippen LogP contribution in [0, 0.1) is 5.41 Å². The summed E-state index contributed by atoms with van der Waals surface area (Å²) in [5.41, 5.74) is 1.79. The summed E-state index contributed by atoms with van der Waals surface area (Å²) >= 11 is 6.22. The Morgan fingerprint density at radius 1 is 1.32 bits per heavy atom. The molecule has 1 aliphatic heterocycles. The first kappa shape index (κ1) is 17.4. The first-order valence-electron chi connectivity index (χ1n) is 7.77. The highest BCUT2D eigenvalue weighted by atomic mass is 35.5. The Hall–Kier alpha value is -0.995. The highest BCUT2D eigenvalue weighted by Gasteiger charge is 2.49. The van der Waals surface area contributed by atoms with Crippen LogP contribution in [0.2, 0.25) is 11.3 Å². The molecule has 0 radical (unpaired) electrons. The molecule has 5 heteroatoms. The van der Waals surface area contributed by atoms with E-state index < -0.39 is 0 Å². The van der Waals surface area contributed by atoms with Gasteiger partial charge < -0.3 is 9.39 Å². The molecule has 1 aliphatic rings. The van der Waals surface area contributed by atoms with Gasteiger partial charge in [0, 0.05) is 5.02 Å². The van der Waals surface area contributed by atoms with Crippen molar-refractivity contribution in [1.29, 1.82) is 0 Å². The van der Waals surface area contributed by atoms with Crippen LogP contribution in [0.1, 0.15) is 40.2 Å². The number of halogens is 1. The summed E-state index contributed by atoms with van der Waals surface area (Å²) in [5, 5.41) is 0.628. The maximum atomic E-state index is 11.7. The zero-order valence-corrected chi connectivity index (χ0v) is 14.8. The highest BCUT2D eigenvalue weighted by molar-refractivity contribution is 6.68. The molecule has 0 unspecified atom stereocenters. The Kier molecular flexibility index (Phi) is 4.93. The van der Waals surface area contributed by atoms with Crippen molar-refractivity contribution in [3.8, 4) is 0 Å². The van der Waals surface area contributed by atoms with E-state index in [9.17, 15) is 4.79 Å². The molecule has 0 spiro atoms. The number of hydrogen-bond donors (Lipinski definition) is 0. The van der Waals surface area contributed by atoms with Crippen molar-refractivity contribution in [2.75, 3.05) is 6.61 Å². The van der Waals surface area contributed by atoms with E-state index in [2.05, 4.69) is 27.7 Å². The molecule has 0 atom stereocenters. The second-order valence-electron chi connectivity index (χ2n) is 7.08. The minimum Gasteiger partial charge on any atom is -0.466 e. The third kappa shape index (κ3) is 3.66. The Morgan fingerprint density at radius 2 is 2.00 bits per heavy atom. The van der Waals surface area contributed by atoms with Gasteiger partial charge in [0.1, 0.15) is 0 Å². The Balaban J connectivity index is 2.22. The molecular weight excluding hydrogens is 298 g/mol. The maximum absolute atomic E-state index is 11.7. The lowest BCUT2D eigenvalue weighted by molar-refractivity contribution is -0.142. The molecule has 0 saturated carbocycles. The van der Waals surface area contributed by atoms with Crippen LogP contribution >= 0.6 is 11.6 Å². The van der Waals surface area contributed by atoms with E-state index in [0.717, 1.165) is 17.3 Å². The van der Waals surface area contributed by atoms with E-state index in [-0.39, 0.29) is 30.3 Å². The zero-order chi connectivity index (χ0) is 16.5. The summed E-state index contributed by atoms with van der Waals surface area (Å²) in [7, 11) is 0. The van der Waals surface area contributed by atoms with Crippen LogP contribution in [0.25, 0.3) is 0 Å². The van der Waals surface area contributed by atoms with Gasteiger partial charge in [-0.2, -0.15) is 0 Å². The van der Waals surface area contributed by atoms with Crippen LogP contribution in [0.4, 0.5) is 0 Å². The minimum absolute atomic E-state index is 0.00430. The average molecular weight is 323 g/mol. The standard InChI is InChI=1S/C17H24BClO3/c1-6-21-15(20)9-12-7-13(10-14(19)8-12)18-11-16(2,3)17(4,5)22-18/h7-8,10H,6,9,11H2,1-5H3. The second kappa shape index (κ2) is 6.25. The van der Waals surface area contributed by atoms with E-state index in [1.807, 2.05) is 18.2 Å². The normalized spacial score (nSPS) is 19.3. The van der Waals surface area contributed by atoms with Gasteiger partial charge in [0.05, 0.1) is 18.6 Å². The van der Waals surface area contributed by atoms with E-state index in [4.69, 9.17) is 21.0 Å². The van der Waals surface area contributed by atoms with Crippen LogP contribution in [-0.4, -0.2) is 25.1 Å². The second-order valence-corrected chi connectivity index (χ2v) is 7.52. The van der Waals surface area contributed by atoms with Crippen LogP contribution in [0.5, 0.6) is 0 Å². The molecule has 1 aromatic carbocycles. The van der Waals surface area contributed by atoms with Gasteiger partial charge in [-0.05, 0) is 55.7 Å². The van der Waals surface area contributed by atoms with Gasteiger partial charge in [0.15, 0.2) is 0 Å². The molecule has 0 aliphatic carbocycles. The third-order valence-electron chi connectivity index (χ3n) is 4.77. The predicted octanol–water partition coefficient (Wildman–Crippen LogP) is 3.48. The molecule has 1 saturated heterocycles. The molecule has 0 aromatic heterocycles. The maximum Gasteiger partial charge on any atom is 0.328 e. The quantitative estimate of drug-likeness (QED) is 0.629. The number of esters is 1. The van der Waals surface area contributed by atoms with Crippen LogP contribution in [0.15, 0.2) is 18.2 Å². The average Bonchev–Trinajstić information content (AvgIpc) is 2.58. The van der Waals surface area contributed by atoms with Gasteiger partial charge in [-0.15, -0.1) is 0 Å². The fourth-order valence-electron chi connectivity index (χ4n) is 2.79. The Morgan fingerprint density at radius 3 is 2.55 bits per heavy atom. The van der Waals surface area contributed by atoms with E-state index in [1.165, 1.54) is 0 Å². The monoisotopic (exact) mass is 322 g/mol. The lowest BCUT2D eigenvalue weighted by Gasteiger charge is -2.34. The van der Waals surface area contributed by atoms with Crippen LogP contribution in [-0.2, 0) is 20.6 Å². The number of ether oxygens (including phenoxy) is 1. The molecular formula is C17H24BClO3. The number of rotatable bonds is 4. The third-order valence-corrected chi connectivity index (χ3v) is 4.99. The fourth-order valence-corrected chi connectivity index (χ4v) is 3.06. The van der Waals surface area contributed by atoms with Crippen molar-refractivity contribution in [3.63, 3.8) is 0 Å². The van der Waals surface area contributed by atoms with E-state index in [0.29, 0.717) is 11.6 Å². The van der Waals surface area contributed by atoms with Gasteiger partial charge in [-0.1, -0.05) is 31.5 Å². The van der Waals surface area contributed by atoms with Crippen LogP contribution in [0.3, 0.4) is 0 Å². The van der Waals surface area contributed by atoms with Crippen LogP contribution < -0.4 is 5.46 Å². The molecule has 0 N–H and O–H groups in total. The molecule has 1 fully saturated rings. The number of benzene rings is 1. The zero-order valence-electron chi connectivity index (χ0n) is 14.0. The van der Waals surface area contributed by atoms with Crippen molar-refractivity contribution in [1.82, 2.24) is 0 Å². The Bertz CT molecular complexity index is 553. The van der Waals surface area contributed by atoms with Crippen molar-refractivity contribution in [3.05, 3.63) is 28.8 Å². The molecule has 0 amide bonds. The molecule has 3 nitrogen and oxygen atoms in total. The summed E-state index contributed by atoms with van der Waals surface area (Å²) in [5.74, 6) is -0.233. The smallest absolute Gasteiger partial charge is 0.328 e. The largest absolute Gasteiger partial charge is 0.466 e. The lowest BCUT2D eigenvalue weighted by atomic mass is 9.54. The molecule has 1 aromatic rings. The summed E-state index contributed by atoms with van der Waals surface area (Å²) < 4.78 is 11.2. The Labute approximate surface area is 138 Å². The molecule has 22 heavy (non-hydrogen) atoms. The predicted molar refractivity (Wildman–Crippen MR) is 90.9 cm³/mol. The van der Waals surface area contributed by atoms with Gasteiger partial charge in [-0.3, -0.25) is 4.79 Å². The topological polar surface area (TPSA) is 35.5 Å². The fraction of sp³-hybridized carbons (Fsp3) is 0.588. The summed E-state index contributed by atoms with van der Waals surface area (Å²) in [6, 6.07) is 5.75. The first-order valence-corrected chi connectivity index (χ1v) is 8.15. The highest BCUT2D eigenvalue weighted by Crippen LogP contribution is 2.45. The summed E-state index contributed by atoms with van der Waals surface area (Å²) in [6.07, 6.45) is 1.17. The SMILES string of the molecule is CCOC(=O)Cc1cc(Cl)cc(B2CC(C)(C)C(C)(C)O2)c1. The van der Waals surface area contributed by atoms with E-state index in [1.54, 1.807) is 6.92 Å². The van der Waals surface area contributed by atoms with E-state index >= 15 is 0 Å². The molecule has 120 valence electrons. The summed E-state index contributed by atoms with van der Waals surface area (Å²) in [6.45, 7) is 10.9. The van der Waals surface area contributed by atoms with Gasteiger partial charge in [0.2, 0.25) is 0 Å². The molecule has 0 bridgehead atoms. The van der Waals surface area contributed by atoms with Gasteiger partial charge >= 0.3 is 12.9 Å². The van der Waals surface area contributed by atoms with Crippen molar-refractivity contribution in [2.45, 2.75) is 53.0 Å². The van der Waals surface area contributed by atoms with Crippen molar-refractivity contribution < 1.29 is 14.2 Å². The van der Waals surface area contributed by atoms with Crippen molar-refractivity contribution >= 4 is 29.9 Å². The number of carbonyl (C=O) groups excluding carboxylic acids is 1. The number of hydrogen-bond acceptors (Lipinski definition) is 3. The van der Waals surface area contributed by atoms with Crippen molar-refractivity contribution in [2.24, 2.45) is 5.41 Å². The first-order chi connectivity index (χ1) is 10.1. The van der Waals surface area contributed by atoms with Gasteiger partial charge in [-0.25, -0.2) is 0 Å². The molecule has 1 heterocycles.